The third kappa shape index (κ3) is 3.49. The van der Waals surface area contributed by atoms with Crippen molar-refractivity contribution in [3.8, 4) is 0 Å². The molecule has 4 rings (SSSR count). The van der Waals surface area contributed by atoms with E-state index in [4.69, 9.17) is 0 Å². The molecule has 2 heteroatoms. The molecule has 1 fully saturated rings. The average molecular weight is 347 g/mol. The van der Waals surface area contributed by atoms with Crippen molar-refractivity contribution < 1.29 is 0 Å². The molecule has 1 aliphatic heterocycles. The molecule has 0 radical (unpaired) electrons. The van der Waals surface area contributed by atoms with Crippen LogP contribution in [0.5, 0.6) is 0 Å². The van der Waals surface area contributed by atoms with Gasteiger partial charge in [-0.05, 0) is 51.9 Å². The Hall–Kier alpha value is -1.90. The number of hydrogen-bond acceptors (Lipinski definition) is 2. The van der Waals surface area contributed by atoms with Crippen molar-refractivity contribution in [2.75, 3.05) is 26.2 Å². The normalized spacial score (nSPS) is 17.2. The van der Waals surface area contributed by atoms with Crippen molar-refractivity contribution in [1.29, 1.82) is 0 Å². The number of nitrogens with zero attached hydrogens (tertiary/aromatic N) is 1. The second kappa shape index (κ2) is 7.77. The molecule has 136 valence electrons. The van der Waals surface area contributed by atoms with Gasteiger partial charge in [-0.1, -0.05) is 62.4 Å². The first-order valence-corrected chi connectivity index (χ1v) is 10.1. The first-order chi connectivity index (χ1) is 12.7. The van der Waals surface area contributed by atoms with Gasteiger partial charge in [0.1, 0.15) is 0 Å². The first kappa shape index (κ1) is 17.5. The van der Waals surface area contributed by atoms with Crippen LogP contribution < -0.4 is 5.32 Å². The van der Waals surface area contributed by atoms with Crippen LogP contribution in [0.4, 0.5) is 0 Å². The minimum Gasteiger partial charge on any atom is -0.314 e. The summed E-state index contributed by atoms with van der Waals surface area (Å²) in [7, 11) is 0. The number of benzene rings is 3. The molecule has 1 N–H and O–H groups in total. The quantitative estimate of drug-likeness (QED) is 0.624. The molecule has 1 heterocycles. The molecule has 0 bridgehead atoms. The van der Waals surface area contributed by atoms with Crippen molar-refractivity contribution in [3.05, 3.63) is 60.2 Å². The van der Waals surface area contributed by atoms with Gasteiger partial charge in [0.15, 0.2) is 0 Å². The summed E-state index contributed by atoms with van der Waals surface area (Å²) in [5.74, 6) is 0.743. The molecule has 3 aromatic carbocycles. The summed E-state index contributed by atoms with van der Waals surface area (Å²) in [6, 6.07) is 20.8. The Kier molecular flexibility index (Phi) is 5.23. The minimum atomic E-state index is 0.508. The van der Waals surface area contributed by atoms with Gasteiger partial charge in [0.05, 0.1) is 0 Å². The summed E-state index contributed by atoms with van der Waals surface area (Å²) in [4.78, 5) is 2.70. The predicted octanol–water partition coefficient (Wildman–Crippen LogP) is 5.38. The van der Waals surface area contributed by atoms with E-state index in [1.54, 1.807) is 0 Å². The highest BCUT2D eigenvalue weighted by molar-refractivity contribution is 6.09. The topological polar surface area (TPSA) is 15.3 Å². The van der Waals surface area contributed by atoms with Crippen LogP contribution in [0.3, 0.4) is 0 Å². The zero-order valence-corrected chi connectivity index (χ0v) is 16.0. The number of rotatable bonds is 5. The van der Waals surface area contributed by atoms with Crippen LogP contribution in [0.15, 0.2) is 54.6 Å². The van der Waals surface area contributed by atoms with E-state index in [-0.39, 0.29) is 0 Å². The molecule has 0 aliphatic carbocycles. The van der Waals surface area contributed by atoms with Crippen LogP contribution in [0.25, 0.3) is 21.5 Å². The lowest BCUT2D eigenvalue weighted by Crippen LogP contribution is -2.45. The van der Waals surface area contributed by atoms with Gasteiger partial charge in [-0.15, -0.1) is 0 Å². The maximum atomic E-state index is 3.51. The van der Waals surface area contributed by atoms with Crippen molar-refractivity contribution in [3.63, 3.8) is 0 Å². The molecule has 0 unspecified atom stereocenters. The maximum Gasteiger partial charge on any atom is 0.0355 e. The van der Waals surface area contributed by atoms with Crippen molar-refractivity contribution in [2.24, 2.45) is 5.92 Å². The summed E-state index contributed by atoms with van der Waals surface area (Å²) in [5.41, 5.74) is 1.52. The molecule has 0 aromatic heterocycles. The van der Waals surface area contributed by atoms with Crippen LogP contribution in [0, 0.1) is 5.92 Å². The average Bonchev–Trinajstić information content (AvgIpc) is 2.69. The standard InChI is InChI=1S/C24H30N2/c1-18(2)11-12-24(26-15-13-25-14-16-26)23-17-19-7-3-4-8-20(19)21-9-5-6-10-22(21)23/h3-10,17-18,24-25H,11-16H2,1-2H3/t24-/m1/s1. The molecule has 2 nitrogen and oxygen atoms in total. The third-order valence-electron chi connectivity index (χ3n) is 5.77. The molecule has 0 saturated carbocycles. The Morgan fingerprint density at radius 3 is 2.23 bits per heavy atom. The fraction of sp³-hybridized carbons (Fsp3) is 0.417. The lowest BCUT2D eigenvalue weighted by molar-refractivity contribution is 0.161. The van der Waals surface area contributed by atoms with E-state index in [9.17, 15) is 0 Å². The summed E-state index contributed by atoms with van der Waals surface area (Å²) >= 11 is 0. The minimum absolute atomic E-state index is 0.508. The highest BCUT2D eigenvalue weighted by atomic mass is 15.2. The number of nitrogens with one attached hydrogen (secondary N) is 1. The summed E-state index contributed by atoms with van der Waals surface area (Å²) in [5, 5.41) is 9.07. The van der Waals surface area contributed by atoms with Crippen LogP contribution in [-0.2, 0) is 0 Å². The van der Waals surface area contributed by atoms with E-state index in [2.05, 4.69) is 78.7 Å². The molecule has 1 aliphatic rings. The van der Waals surface area contributed by atoms with Gasteiger partial charge in [-0.3, -0.25) is 4.90 Å². The predicted molar refractivity (Wildman–Crippen MR) is 113 cm³/mol. The first-order valence-electron chi connectivity index (χ1n) is 10.1. The molecule has 1 atom stereocenters. The number of fused-ring (bicyclic) bond motifs is 3. The van der Waals surface area contributed by atoms with Crippen molar-refractivity contribution >= 4 is 21.5 Å². The maximum absolute atomic E-state index is 3.51. The molecule has 26 heavy (non-hydrogen) atoms. The number of piperazine rings is 1. The molecule has 0 spiro atoms. The molecule has 0 amide bonds. The van der Waals surface area contributed by atoms with Crippen LogP contribution in [-0.4, -0.2) is 31.1 Å². The zero-order valence-electron chi connectivity index (χ0n) is 16.0. The van der Waals surface area contributed by atoms with E-state index in [0.717, 1.165) is 32.1 Å². The smallest absolute Gasteiger partial charge is 0.0355 e. The molecular weight excluding hydrogens is 316 g/mol. The van der Waals surface area contributed by atoms with E-state index in [0.29, 0.717) is 6.04 Å². The van der Waals surface area contributed by atoms with Crippen molar-refractivity contribution in [1.82, 2.24) is 10.2 Å². The zero-order chi connectivity index (χ0) is 17.9. The molecule has 3 aromatic rings. The Labute approximate surface area is 157 Å². The Bertz CT molecular complexity index is 878. The van der Waals surface area contributed by atoms with Crippen LogP contribution >= 0.6 is 0 Å². The van der Waals surface area contributed by atoms with Crippen LogP contribution in [0.1, 0.15) is 38.3 Å². The van der Waals surface area contributed by atoms with E-state index in [1.807, 2.05) is 0 Å². The third-order valence-corrected chi connectivity index (χ3v) is 5.77. The van der Waals surface area contributed by atoms with Gasteiger partial charge in [0.25, 0.3) is 0 Å². The summed E-state index contributed by atoms with van der Waals surface area (Å²) in [6.45, 7) is 9.17. The molecular formula is C24H30N2. The SMILES string of the molecule is CC(C)CC[C@H](c1cc2ccccc2c2ccccc12)N1CCNCC1. The monoisotopic (exact) mass is 346 g/mol. The fourth-order valence-corrected chi connectivity index (χ4v) is 4.38. The largest absolute Gasteiger partial charge is 0.314 e. The Morgan fingerprint density at radius 2 is 1.50 bits per heavy atom. The second-order valence-corrected chi connectivity index (χ2v) is 8.01. The van der Waals surface area contributed by atoms with Gasteiger partial charge in [-0.2, -0.15) is 0 Å². The lowest BCUT2D eigenvalue weighted by atomic mass is 9.89. The Morgan fingerprint density at radius 1 is 0.846 bits per heavy atom. The van der Waals surface area contributed by atoms with E-state index >= 15 is 0 Å². The van der Waals surface area contributed by atoms with Gasteiger partial charge in [0, 0.05) is 32.2 Å². The van der Waals surface area contributed by atoms with E-state index in [1.165, 1.54) is 39.9 Å². The fourth-order valence-electron chi connectivity index (χ4n) is 4.38. The van der Waals surface area contributed by atoms with Crippen molar-refractivity contribution in [2.45, 2.75) is 32.7 Å². The van der Waals surface area contributed by atoms with Gasteiger partial charge in [-0.25, -0.2) is 0 Å². The van der Waals surface area contributed by atoms with Gasteiger partial charge < -0.3 is 5.32 Å². The highest BCUT2D eigenvalue weighted by Gasteiger charge is 2.24. The summed E-state index contributed by atoms with van der Waals surface area (Å²) in [6.07, 6.45) is 2.51. The second-order valence-electron chi connectivity index (χ2n) is 8.01. The summed E-state index contributed by atoms with van der Waals surface area (Å²) < 4.78 is 0. The number of hydrogen-bond donors (Lipinski definition) is 1. The van der Waals surface area contributed by atoms with Gasteiger partial charge >= 0.3 is 0 Å². The highest BCUT2D eigenvalue weighted by Crippen LogP contribution is 2.37. The van der Waals surface area contributed by atoms with E-state index < -0.39 is 0 Å². The Balaban J connectivity index is 1.86. The van der Waals surface area contributed by atoms with Gasteiger partial charge in [0.2, 0.25) is 0 Å². The lowest BCUT2D eigenvalue weighted by Gasteiger charge is -2.36. The molecule has 1 saturated heterocycles. The van der Waals surface area contributed by atoms with Crippen LogP contribution in [0.2, 0.25) is 0 Å².